The van der Waals surface area contributed by atoms with Gasteiger partial charge in [-0.05, 0) is 13.8 Å². The number of halogens is 3. The summed E-state index contributed by atoms with van der Waals surface area (Å²) in [7, 11) is -4.70. The van der Waals surface area contributed by atoms with Gasteiger partial charge in [-0.15, -0.1) is 0 Å². The lowest BCUT2D eigenvalue weighted by Crippen LogP contribution is -2.34. The highest BCUT2D eigenvalue weighted by molar-refractivity contribution is 7.48. The van der Waals surface area contributed by atoms with Crippen molar-refractivity contribution in [3.63, 3.8) is 0 Å². The van der Waals surface area contributed by atoms with Gasteiger partial charge >= 0.3 is 31.1 Å². The van der Waals surface area contributed by atoms with E-state index in [1.165, 1.54) is 26.2 Å². The molecule has 0 unspecified atom stereocenters. The van der Waals surface area contributed by atoms with Crippen LogP contribution in [0, 0.1) is 13.8 Å². The minimum absolute atomic E-state index is 0.0515. The summed E-state index contributed by atoms with van der Waals surface area (Å²) in [5, 5.41) is 0. The van der Waals surface area contributed by atoms with Crippen LogP contribution in [0.2, 0.25) is 0 Å². The molecule has 18 nitrogen and oxygen atoms in total. The number of phosphoric acid groups is 1. The summed E-state index contributed by atoms with van der Waals surface area (Å²) >= 11 is 17.4. The number of carbonyl (C=O) groups is 2. The molecule has 2 aromatic rings. The standard InChI is InChI=1S/C26H32Cl3N4O14P/c1-12-7-32(24(38)30-22(12)36)20-5-16(44-14(3)34)18(46-20)9-41-48(40,43-11-26(27,28)29)42-10-19-17(45-15(4)35)6-21(47-19)33-8-13(2)23(37)31-25(33)39/h7-8,16-21H,5-6,9-11H2,1-4H3,(H,30,36,38)(H,31,37,39)/t16-,17-,18+,19+,20+,21+/m0/s1. The number of hydrogen-bond donors (Lipinski definition) is 2. The molecule has 0 spiro atoms. The minimum atomic E-state index is -4.70. The lowest BCUT2D eigenvalue weighted by molar-refractivity contribution is -0.150. The van der Waals surface area contributed by atoms with Gasteiger partial charge in [-0.3, -0.25) is 51.9 Å². The zero-order chi connectivity index (χ0) is 35.6. The van der Waals surface area contributed by atoms with Crippen LogP contribution < -0.4 is 22.5 Å². The summed E-state index contributed by atoms with van der Waals surface area (Å²) in [5.41, 5.74) is -2.33. The first kappa shape index (κ1) is 38.0. The van der Waals surface area contributed by atoms with Crippen molar-refractivity contribution in [2.75, 3.05) is 19.8 Å². The Bertz CT molecular complexity index is 1690. The third-order valence-electron chi connectivity index (χ3n) is 7.09. The van der Waals surface area contributed by atoms with E-state index in [1.807, 2.05) is 0 Å². The second kappa shape index (κ2) is 15.4. The molecule has 2 aliphatic rings. The molecule has 4 heterocycles. The Balaban J connectivity index is 1.53. The van der Waals surface area contributed by atoms with Crippen molar-refractivity contribution in [3.05, 3.63) is 65.2 Å². The normalized spacial score (nSPS) is 24.5. The molecule has 2 aliphatic heterocycles. The highest BCUT2D eigenvalue weighted by atomic mass is 35.6. The number of alkyl halides is 3. The highest BCUT2D eigenvalue weighted by Gasteiger charge is 2.44. The number of phosphoric ester groups is 1. The van der Waals surface area contributed by atoms with E-state index in [2.05, 4.69) is 9.97 Å². The van der Waals surface area contributed by atoms with Gasteiger partial charge in [-0.1, -0.05) is 34.8 Å². The first-order valence-electron chi connectivity index (χ1n) is 14.2. The zero-order valence-electron chi connectivity index (χ0n) is 25.8. The molecule has 0 saturated carbocycles. The SMILES string of the molecule is CC(=O)O[C@H]1C[C@H](n2cc(C)c(=O)[nH]c2=O)O[C@@H]1COP(=O)(OC[C@H]1O[C@@H](n2cc(C)c(=O)[nH]c2=O)C[C@@H]1OC(C)=O)OCC(Cl)(Cl)Cl. The molecule has 6 atom stereocenters. The Labute approximate surface area is 286 Å². The van der Waals surface area contributed by atoms with E-state index in [4.69, 9.17) is 67.3 Å². The van der Waals surface area contributed by atoms with Crippen LogP contribution in [-0.4, -0.2) is 79.1 Å². The van der Waals surface area contributed by atoms with E-state index >= 15 is 0 Å². The third kappa shape index (κ3) is 9.89. The number of H-pyrrole nitrogens is 2. The van der Waals surface area contributed by atoms with Crippen LogP contribution in [0.1, 0.15) is 50.3 Å². The van der Waals surface area contributed by atoms with E-state index in [1.54, 1.807) is 0 Å². The summed E-state index contributed by atoms with van der Waals surface area (Å²) in [5.74, 6) is -1.38. The molecule has 0 amide bonds. The number of ether oxygens (including phenoxy) is 4. The lowest BCUT2D eigenvalue weighted by Gasteiger charge is -2.25. The van der Waals surface area contributed by atoms with Crippen LogP contribution in [0.5, 0.6) is 0 Å². The number of aromatic amines is 2. The zero-order valence-corrected chi connectivity index (χ0v) is 29.0. The highest BCUT2D eigenvalue weighted by Crippen LogP contribution is 2.52. The van der Waals surface area contributed by atoms with Crippen molar-refractivity contribution >= 4 is 54.6 Å². The average molecular weight is 762 g/mol. The van der Waals surface area contributed by atoms with Crippen LogP contribution in [0.25, 0.3) is 0 Å². The largest absolute Gasteiger partial charge is 0.475 e. The van der Waals surface area contributed by atoms with Gasteiger partial charge in [0.05, 0.1) is 13.2 Å². The molecule has 2 N–H and O–H groups in total. The van der Waals surface area contributed by atoms with Crippen LogP contribution in [-0.2, 0) is 46.7 Å². The quantitative estimate of drug-likeness (QED) is 0.178. The second-order valence-corrected chi connectivity index (χ2v) is 15.1. The summed E-state index contributed by atoms with van der Waals surface area (Å²) < 4.78 is 52.8. The van der Waals surface area contributed by atoms with Gasteiger partial charge in [-0.25, -0.2) is 14.2 Å². The predicted molar refractivity (Wildman–Crippen MR) is 166 cm³/mol. The van der Waals surface area contributed by atoms with Crippen LogP contribution in [0.4, 0.5) is 0 Å². The number of nitrogens with one attached hydrogen (secondary N) is 2. The number of aryl methyl sites for hydroxylation is 2. The van der Waals surface area contributed by atoms with Gasteiger partial charge in [0.1, 0.15) is 43.5 Å². The number of hydrogen-bond acceptors (Lipinski definition) is 14. The van der Waals surface area contributed by atoms with Gasteiger partial charge in [0, 0.05) is 50.2 Å². The fourth-order valence-electron chi connectivity index (χ4n) is 4.91. The summed E-state index contributed by atoms with van der Waals surface area (Å²) in [6, 6.07) is 0. The Morgan fingerprint density at radius 1 is 0.812 bits per heavy atom. The van der Waals surface area contributed by atoms with E-state index in [9.17, 15) is 33.3 Å². The molecule has 22 heteroatoms. The van der Waals surface area contributed by atoms with Gasteiger partial charge in [0.25, 0.3) is 11.1 Å². The monoisotopic (exact) mass is 760 g/mol. The molecule has 4 rings (SSSR count). The van der Waals surface area contributed by atoms with Crippen molar-refractivity contribution in [1.82, 2.24) is 19.1 Å². The molecular formula is C26H32Cl3N4O14P. The van der Waals surface area contributed by atoms with E-state index in [-0.39, 0.29) is 24.0 Å². The number of aromatic nitrogens is 4. The van der Waals surface area contributed by atoms with Crippen molar-refractivity contribution in [1.29, 1.82) is 0 Å². The van der Waals surface area contributed by atoms with Crippen molar-refractivity contribution in [3.8, 4) is 0 Å². The Kier molecular flexibility index (Phi) is 12.2. The number of nitrogens with zero attached hydrogens (tertiary/aromatic N) is 2. The minimum Gasteiger partial charge on any atom is -0.460 e. The summed E-state index contributed by atoms with van der Waals surface area (Å²) in [6.07, 6.45) is -3.91. The molecule has 48 heavy (non-hydrogen) atoms. The summed E-state index contributed by atoms with van der Waals surface area (Å²) in [6.45, 7) is 3.27. The van der Waals surface area contributed by atoms with Crippen LogP contribution in [0.3, 0.4) is 0 Å². The first-order chi connectivity index (χ1) is 22.3. The van der Waals surface area contributed by atoms with Crippen molar-refractivity contribution in [2.24, 2.45) is 0 Å². The van der Waals surface area contributed by atoms with Crippen molar-refractivity contribution in [2.45, 2.75) is 81.2 Å². The predicted octanol–water partition coefficient (Wildman–Crippen LogP) is 1.67. The molecule has 2 fully saturated rings. The smallest absolute Gasteiger partial charge is 0.460 e. The fraction of sp³-hybridized carbons (Fsp3) is 0.615. The number of esters is 2. The van der Waals surface area contributed by atoms with Gasteiger partial charge < -0.3 is 18.9 Å². The molecule has 0 radical (unpaired) electrons. The van der Waals surface area contributed by atoms with Gasteiger partial charge in [-0.2, -0.15) is 0 Å². The molecule has 0 aliphatic carbocycles. The maximum absolute atomic E-state index is 13.8. The molecule has 0 bridgehead atoms. The third-order valence-corrected chi connectivity index (χ3v) is 8.79. The molecular weight excluding hydrogens is 730 g/mol. The molecule has 266 valence electrons. The van der Waals surface area contributed by atoms with Crippen LogP contribution >= 0.6 is 42.6 Å². The van der Waals surface area contributed by atoms with Gasteiger partial charge in [0.15, 0.2) is 0 Å². The Morgan fingerprint density at radius 3 is 1.56 bits per heavy atom. The van der Waals surface area contributed by atoms with E-state index in [0.717, 1.165) is 23.0 Å². The number of rotatable bonds is 12. The van der Waals surface area contributed by atoms with Crippen LogP contribution in [0.15, 0.2) is 31.6 Å². The Hall–Kier alpha value is -2.80. The number of carbonyl (C=O) groups excluding carboxylic acids is 2. The molecule has 0 aromatic carbocycles. The lowest BCUT2D eigenvalue weighted by atomic mass is 10.2. The summed E-state index contributed by atoms with van der Waals surface area (Å²) in [4.78, 5) is 76.6. The maximum Gasteiger partial charge on any atom is 0.475 e. The maximum atomic E-state index is 13.8. The molecule has 2 aromatic heterocycles. The second-order valence-electron chi connectivity index (χ2n) is 10.9. The Morgan fingerprint density at radius 2 is 1.21 bits per heavy atom. The topological polar surface area (TPSA) is 226 Å². The average Bonchev–Trinajstić information content (AvgIpc) is 3.56. The fourth-order valence-corrected chi connectivity index (χ4v) is 6.54. The van der Waals surface area contributed by atoms with E-state index in [0.29, 0.717) is 0 Å². The van der Waals surface area contributed by atoms with Gasteiger partial charge in [0.2, 0.25) is 3.79 Å². The van der Waals surface area contributed by atoms with E-state index < -0.39 is 103 Å². The molecule has 2 saturated heterocycles. The first-order valence-corrected chi connectivity index (χ1v) is 16.8. The van der Waals surface area contributed by atoms with Crippen molar-refractivity contribution < 1.29 is 46.7 Å².